The third-order valence-corrected chi connectivity index (χ3v) is 7.74. The van der Waals surface area contributed by atoms with E-state index in [9.17, 15) is 36.4 Å². The number of alkyl halides is 3. The van der Waals surface area contributed by atoms with E-state index >= 15 is 0 Å². The molecule has 1 N–H and O–H groups in total. The number of amides is 1. The van der Waals surface area contributed by atoms with E-state index in [1.807, 2.05) is 11.6 Å². The summed E-state index contributed by atoms with van der Waals surface area (Å²) in [5.41, 5.74) is 0.656. The zero-order chi connectivity index (χ0) is 33.2. The second kappa shape index (κ2) is 15.4. The molecule has 0 atom stereocenters. The molecule has 0 aliphatic carbocycles. The predicted molar refractivity (Wildman–Crippen MR) is 154 cm³/mol. The fraction of sp³-hybridized carbons (Fsp3) is 0.393. The van der Waals surface area contributed by atoms with Crippen LogP contribution in [-0.2, 0) is 35.4 Å². The zero-order valence-corrected chi connectivity index (χ0v) is 25.6. The van der Waals surface area contributed by atoms with Crippen LogP contribution in [-0.4, -0.2) is 60.4 Å². The third-order valence-electron chi connectivity index (χ3n) is 6.35. The van der Waals surface area contributed by atoms with Crippen molar-refractivity contribution >= 4 is 21.9 Å². The van der Waals surface area contributed by atoms with Gasteiger partial charge in [0.15, 0.2) is 5.69 Å². The summed E-state index contributed by atoms with van der Waals surface area (Å²) in [6.45, 7) is 3.20. The van der Waals surface area contributed by atoms with Crippen molar-refractivity contribution in [2.24, 2.45) is 5.28 Å². The van der Waals surface area contributed by atoms with Crippen molar-refractivity contribution in [1.29, 1.82) is 0 Å². The highest BCUT2D eigenvalue weighted by molar-refractivity contribution is 7.90. The SMILES string of the molecule is CCC(=O)OCO/N=[N+](\[O-])N(C)CCCCCC(=O)NS(=O)(=O)c1ccc(-n2nc(C(F)(F)F)cc2-c2ccc(C)cc2)cc1. The van der Waals surface area contributed by atoms with Crippen LogP contribution in [0.25, 0.3) is 16.9 Å². The number of carbonyl (C=O) groups excluding carboxylic acids is 2. The number of unbranched alkanes of at least 4 members (excludes halogenated alkanes) is 2. The monoisotopic (exact) mass is 654 g/mol. The van der Waals surface area contributed by atoms with E-state index in [2.05, 4.69) is 20.0 Å². The molecule has 0 unspecified atom stereocenters. The number of carbonyl (C=O) groups is 2. The summed E-state index contributed by atoms with van der Waals surface area (Å²) in [6.07, 6.45) is -3.35. The van der Waals surface area contributed by atoms with Gasteiger partial charge in [-0.2, -0.15) is 18.3 Å². The van der Waals surface area contributed by atoms with Gasteiger partial charge in [-0.05, 0) is 50.1 Å². The highest BCUT2D eigenvalue weighted by Gasteiger charge is 2.35. The van der Waals surface area contributed by atoms with E-state index in [4.69, 9.17) is 0 Å². The Morgan fingerprint density at radius 2 is 1.76 bits per heavy atom. The number of esters is 1. The number of ether oxygens (including phenoxy) is 1. The van der Waals surface area contributed by atoms with Crippen LogP contribution in [0.5, 0.6) is 0 Å². The molecule has 0 spiro atoms. The van der Waals surface area contributed by atoms with Crippen molar-refractivity contribution in [3.63, 3.8) is 0 Å². The first-order valence-corrected chi connectivity index (χ1v) is 15.3. The fourth-order valence-corrected chi connectivity index (χ4v) is 4.90. The lowest BCUT2D eigenvalue weighted by molar-refractivity contribution is -0.706. The lowest BCUT2D eigenvalue weighted by atomic mass is 10.1. The smallest absolute Gasteiger partial charge is 0.435 e. The van der Waals surface area contributed by atoms with Gasteiger partial charge < -0.3 is 14.8 Å². The fourth-order valence-electron chi connectivity index (χ4n) is 3.89. The topological polar surface area (TPSA) is 158 Å². The van der Waals surface area contributed by atoms with Gasteiger partial charge >= 0.3 is 12.1 Å². The number of benzene rings is 2. The van der Waals surface area contributed by atoms with Crippen molar-refractivity contribution < 1.29 is 45.7 Å². The summed E-state index contributed by atoms with van der Waals surface area (Å²) in [6, 6.07) is 12.7. The maximum absolute atomic E-state index is 13.5. The first kappa shape index (κ1) is 34.8. The molecular weight excluding hydrogens is 621 g/mol. The summed E-state index contributed by atoms with van der Waals surface area (Å²) >= 11 is 0. The summed E-state index contributed by atoms with van der Waals surface area (Å²) in [5.74, 6) is -1.25. The van der Waals surface area contributed by atoms with Crippen LogP contribution in [0.3, 0.4) is 0 Å². The molecule has 244 valence electrons. The van der Waals surface area contributed by atoms with Crippen molar-refractivity contribution in [1.82, 2.24) is 19.5 Å². The van der Waals surface area contributed by atoms with Crippen molar-refractivity contribution in [3.8, 4) is 16.9 Å². The Morgan fingerprint density at radius 3 is 2.38 bits per heavy atom. The first-order valence-electron chi connectivity index (χ1n) is 13.8. The number of sulfonamides is 1. The maximum Gasteiger partial charge on any atom is 0.435 e. The van der Waals surface area contributed by atoms with Crippen LogP contribution in [0, 0.1) is 12.1 Å². The van der Waals surface area contributed by atoms with Gasteiger partial charge in [0.05, 0.1) is 34.8 Å². The molecule has 1 heterocycles. The predicted octanol–water partition coefficient (Wildman–Crippen LogP) is 4.88. The van der Waals surface area contributed by atoms with Gasteiger partial charge in [-0.25, -0.2) is 17.8 Å². The average Bonchev–Trinajstić information content (AvgIpc) is 3.45. The minimum atomic E-state index is -4.69. The molecule has 2 aromatic carbocycles. The van der Waals surface area contributed by atoms with Crippen LogP contribution >= 0.6 is 0 Å². The molecular formula is C28H33F3N6O7S. The van der Waals surface area contributed by atoms with Crippen molar-refractivity contribution in [2.75, 3.05) is 20.4 Å². The van der Waals surface area contributed by atoms with E-state index in [-0.39, 0.29) is 40.6 Å². The number of hydrogen-bond acceptors (Lipinski definition) is 9. The number of rotatable bonds is 15. The molecule has 0 aliphatic rings. The maximum atomic E-state index is 13.5. The van der Waals surface area contributed by atoms with E-state index < -0.39 is 40.6 Å². The number of aryl methyl sites for hydroxylation is 1. The highest BCUT2D eigenvalue weighted by atomic mass is 32.2. The van der Waals surface area contributed by atoms with E-state index in [0.29, 0.717) is 24.8 Å². The Hall–Kier alpha value is -4.67. The van der Waals surface area contributed by atoms with Gasteiger partial charge in [0.2, 0.25) is 11.2 Å². The number of hydrazine groups is 1. The van der Waals surface area contributed by atoms with Gasteiger partial charge in [-0.3, -0.25) is 9.59 Å². The van der Waals surface area contributed by atoms with Gasteiger partial charge in [0, 0.05) is 18.4 Å². The molecule has 1 aromatic heterocycles. The average molecular weight is 655 g/mol. The molecule has 0 bridgehead atoms. The zero-order valence-electron chi connectivity index (χ0n) is 24.8. The Kier molecular flexibility index (Phi) is 11.9. The van der Waals surface area contributed by atoms with Gasteiger partial charge in [0.25, 0.3) is 16.8 Å². The Morgan fingerprint density at radius 1 is 1.09 bits per heavy atom. The summed E-state index contributed by atoms with van der Waals surface area (Å²) in [4.78, 5) is 27.8. The van der Waals surface area contributed by atoms with Gasteiger partial charge in [-0.15, -0.1) is 5.01 Å². The number of halogens is 3. The number of hydrogen-bond donors (Lipinski definition) is 1. The van der Waals surface area contributed by atoms with Crippen LogP contribution in [0.15, 0.2) is 64.8 Å². The Labute approximate surface area is 257 Å². The number of nitrogens with zero attached hydrogens (tertiary/aromatic N) is 5. The molecule has 0 saturated heterocycles. The van der Waals surface area contributed by atoms with Gasteiger partial charge in [0.1, 0.15) is 0 Å². The second-order valence-electron chi connectivity index (χ2n) is 9.86. The molecule has 0 fully saturated rings. The third kappa shape index (κ3) is 10.2. The quantitative estimate of drug-likeness (QED) is 0.0602. The van der Waals surface area contributed by atoms with Crippen LogP contribution in [0.1, 0.15) is 50.3 Å². The minimum absolute atomic E-state index is 0.105. The standard InChI is InChI=1S/C28H33F3N6O7S/c1-4-27(39)43-19-44-34-37(40)35(3)17-7-5-6-8-26(38)33-45(41,42)23-15-13-22(14-16-23)36-24(18-25(32-36)28(29,30)31)21-11-9-20(2)10-12-21/h9-16,18H,4-8,17,19H2,1-3H3,(H,33,38)/b37-34-. The highest BCUT2D eigenvalue weighted by Crippen LogP contribution is 2.33. The van der Waals surface area contributed by atoms with E-state index in [0.717, 1.165) is 16.3 Å². The number of aromatic nitrogens is 2. The lowest BCUT2D eigenvalue weighted by Crippen LogP contribution is -2.30. The normalized spacial score (nSPS) is 12.1. The van der Waals surface area contributed by atoms with E-state index in [1.165, 1.54) is 36.3 Å². The molecule has 0 radical (unpaired) electrons. The van der Waals surface area contributed by atoms with Crippen LogP contribution in [0.4, 0.5) is 13.2 Å². The Bertz CT molecular complexity index is 1590. The largest absolute Gasteiger partial charge is 0.569 e. The molecule has 17 heteroatoms. The summed E-state index contributed by atoms with van der Waals surface area (Å²) in [5, 5.41) is 19.9. The molecule has 1 amide bonds. The summed E-state index contributed by atoms with van der Waals surface area (Å²) in [7, 11) is -2.80. The van der Waals surface area contributed by atoms with E-state index in [1.54, 1.807) is 31.2 Å². The first-order chi connectivity index (χ1) is 21.2. The molecule has 0 saturated carbocycles. The van der Waals surface area contributed by atoms with Crippen molar-refractivity contribution in [3.05, 3.63) is 71.1 Å². The molecule has 3 aromatic rings. The lowest BCUT2D eigenvalue weighted by Gasteiger charge is -2.12. The number of nitrogens with one attached hydrogen (secondary N) is 1. The molecule has 0 aliphatic heterocycles. The van der Waals surface area contributed by atoms with Crippen LogP contribution < -0.4 is 4.72 Å². The van der Waals surface area contributed by atoms with Crippen LogP contribution in [0.2, 0.25) is 0 Å². The summed E-state index contributed by atoms with van der Waals surface area (Å²) < 4.78 is 73.6. The molecule has 3 rings (SSSR count). The molecule has 13 nitrogen and oxygen atoms in total. The van der Waals surface area contributed by atoms with Crippen molar-refractivity contribution in [2.45, 2.75) is 57.0 Å². The second-order valence-corrected chi connectivity index (χ2v) is 11.5. The van der Waals surface area contributed by atoms with Gasteiger partial charge in [-0.1, -0.05) is 43.2 Å². The molecule has 45 heavy (non-hydrogen) atoms. The minimum Gasteiger partial charge on any atom is -0.569 e. The Balaban J connectivity index is 1.54.